The highest BCUT2D eigenvalue weighted by atomic mass is 32.2. The molecule has 12 atom stereocenters. The largest absolute Gasteiger partial charge is 0.508 e. The number of unbranched alkanes of at least 4 members (excludes halogenated alkanes) is 2. The Morgan fingerprint density at radius 2 is 1.23 bits per heavy atom. The van der Waals surface area contributed by atoms with Gasteiger partial charge in [0.2, 0.25) is 35.4 Å². The molecule has 3 fully saturated rings. The number of carbonyl (C=O) groups excluding carboxylic acids is 7. The molecule has 11 N–H and O–H groups in total. The maximum Gasteiger partial charge on any atom is 0.251 e. The molecule has 3 saturated heterocycles. The Bertz CT molecular complexity index is 3020. The fraction of sp³-hybridized carbons (Fsp3) is 0.466. The van der Waals surface area contributed by atoms with Gasteiger partial charge in [0.25, 0.3) is 5.91 Å². The molecule has 23 nitrogen and oxygen atoms in total. The molecule has 3 heterocycles. The van der Waals surface area contributed by atoms with Gasteiger partial charge >= 0.3 is 0 Å². The summed E-state index contributed by atoms with van der Waals surface area (Å²) in [6, 6.07) is 16.1. The summed E-state index contributed by atoms with van der Waals surface area (Å²) < 4.78 is 33.7. The van der Waals surface area contributed by atoms with Gasteiger partial charge in [-0.3, -0.25) is 33.6 Å². The van der Waals surface area contributed by atoms with Crippen molar-refractivity contribution in [3.63, 3.8) is 0 Å². The number of aliphatic hydroxyl groups is 5. The first-order valence-corrected chi connectivity index (χ1v) is 29.2. The summed E-state index contributed by atoms with van der Waals surface area (Å²) in [6.45, 7) is 5.08. The van der Waals surface area contributed by atoms with Crippen molar-refractivity contribution in [2.75, 3.05) is 37.7 Å². The molecular weight excluding hydrogens is 1080 g/mol. The van der Waals surface area contributed by atoms with Crippen LogP contribution in [0.25, 0.3) is 22.3 Å². The van der Waals surface area contributed by atoms with Crippen LogP contribution >= 0.6 is 0 Å². The average molecular weight is 1160 g/mol. The molecule has 442 valence electrons. The minimum atomic E-state index is -4.48. The number of hydrogen-bond acceptors (Lipinski definition) is 16. The van der Waals surface area contributed by atoms with Crippen LogP contribution in [0.2, 0.25) is 0 Å². The van der Waals surface area contributed by atoms with E-state index in [-0.39, 0.29) is 24.3 Å². The van der Waals surface area contributed by atoms with Gasteiger partial charge in [0.1, 0.15) is 47.8 Å². The van der Waals surface area contributed by atoms with Crippen LogP contribution in [0.5, 0.6) is 11.5 Å². The predicted octanol–water partition coefficient (Wildman–Crippen LogP) is -0.0726. The van der Waals surface area contributed by atoms with Crippen molar-refractivity contribution in [1.82, 2.24) is 36.4 Å². The summed E-state index contributed by atoms with van der Waals surface area (Å²) in [5.41, 5.74) is 3.81. The van der Waals surface area contributed by atoms with E-state index in [4.69, 9.17) is 4.74 Å². The maximum atomic E-state index is 14.5. The predicted molar refractivity (Wildman–Crippen MR) is 299 cm³/mol. The summed E-state index contributed by atoms with van der Waals surface area (Å²) >= 11 is 0. The van der Waals surface area contributed by atoms with Crippen molar-refractivity contribution in [3.05, 3.63) is 108 Å². The molecule has 82 heavy (non-hydrogen) atoms. The number of nitrogens with one attached hydrogen (secondary N) is 5. The van der Waals surface area contributed by atoms with Crippen molar-refractivity contribution < 1.29 is 77.4 Å². The first-order chi connectivity index (χ1) is 38.9. The third kappa shape index (κ3) is 15.5. The second-order valence-corrected chi connectivity index (χ2v) is 23.6. The van der Waals surface area contributed by atoms with Crippen molar-refractivity contribution in [2.24, 2.45) is 5.92 Å². The number of aliphatic hydroxyl groups excluding tert-OH is 5. The maximum absolute atomic E-state index is 14.5. The Labute approximate surface area is 475 Å². The molecular formula is C58H73N7O16S. The monoisotopic (exact) mass is 1160 g/mol. The van der Waals surface area contributed by atoms with Gasteiger partial charge in [0, 0.05) is 44.0 Å². The van der Waals surface area contributed by atoms with E-state index in [9.17, 15) is 72.6 Å². The van der Waals surface area contributed by atoms with Crippen molar-refractivity contribution in [3.8, 4) is 33.8 Å². The smallest absolute Gasteiger partial charge is 0.251 e. The second kappa shape index (κ2) is 27.5. The molecule has 3 aliphatic heterocycles. The number of phenolic OH excluding ortho intramolecular Hbond substituents is 1. The number of sulfone groups is 1. The zero-order chi connectivity index (χ0) is 59.6. The van der Waals surface area contributed by atoms with Crippen LogP contribution in [0, 0.1) is 5.92 Å². The van der Waals surface area contributed by atoms with E-state index in [0.717, 1.165) is 65.3 Å². The molecule has 4 aromatic carbocycles. The lowest BCUT2D eigenvalue weighted by Gasteiger charge is -2.33. The number of nitrogens with zero attached hydrogens (tertiary/aromatic N) is 2. The summed E-state index contributed by atoms with van der Waals surface area (Å²) in [5.74, 6) is -9.88. The number of rotatable bonds is 14. The van der Waals surface area contributed by atoms with Crippen molar-refractivity contribution >= 4 is 51.2 Å². The third-order valence-electron chi connectivity index (χ3n) is 14.9. The molecule has 0 radical (unpaired) electrons. The minimum Gasteiger partial charge on any atom is -0.508 e. The second-order valence-electron chi connectivity index (χ2n) is 21.3. The van der Waals surface area contributed by atoms with E-state index >= 15 is 0 Å². The van der Waals surface area contributed by atoms with Crippen LogP contribution < -0.4 is 31.3 Å². The van der Waals surface area contributed by atoms with E-state index in [0.29, 0.717) is 17.7 Å². The Hall–Kier alpha value is -7.48. The number of hydrogen-bond donors (Lipinski definition) is 11. The standard InChI is InChI=1S/C58H73N7O16S/c1-5-6-7-25-81-43-22-18-39(19-23-43)37-12-10-36(11-13-37)38-14-16-40(17-15-38)52(72)60-44-31-82(79,80)26-24-59-56(76)50-51(71)32(2)29-65(50)58(78)48(34(4)67)62-55(75)49(46(70)27-35-8-20-41(68)21-9-35)63-54(74)45-28-42(69)30-64(45)57(77)47(33(3)66)61-53(44)73/h8-23,32-34,42,44-51,66-71H,5-7,24-31H2,1-4H3,(H,59,76)(H,60,72)(H,61,73)(H,62,75)(H,63,74)/t32-,33+,34+,42+,44+,45-,46+,47-,48-,49-,50-,51+/m0/s1. The average Bonchev–Trinajstić information content (AvgIpc) is 4.20. The lowest BCUT2D eigenvalue weighted by molar-refractivity contribution is -0.147. The number of phenols is 1. The zero-order valence-electron chi connectivity index (χ0n) is 46.0. The quantitative estimate of drug-likeness (QED) is 0.0736. The normalized spacial score (nSPS) is 26.1. The number of carbonyl (C=O) groups is 7. The highest BCUT2D eigenvalue weighted by Crippen LogP contribution is 2.29. The van der Waals surface area contributed by atoms with Crippen LogP contribution in [0.15, 0.2) is 97.1 Å². The fourth-order valence-corrected chi connectivity index (χ4v) is 11.5. The first-order valence-electron chi connectivity index (χ1n) is 27.4. The number of aromatic hydroxyl groups is 1. The Morgan fingerprint density at radius 3 is 1.80 bits per heavy atom. The number of benzene rings is 4. The fourth-order valence-electron chi connectivity index (χ4n) is 10.2. The summed E-state index contributed by atoms with van der Waals surface area (Å²) in [4.78, 5) is 101. The van der Waals surface area contributed by atoms with Crippen molar-refractivity contribution in [1.29, 1.82) is 0 Å². The number of amides is 7. The van der Waals surface area contributed by atoms with Gasteiger partial charge in [-0.15, -0.1) is 0 Å². The lowest BCUT2D eigenvalue weighted by atomic mass is 9.99. The van der Waals surface area contributed by atoms with E-state index in [1.54, 1.807) is 12.1 Å². The molecule has 4 aromatic rings. The van der Waals surface area contributed by atoms with Gasteiger partial charge in [-0.1, -0.05) is 87.4 Å². The number of fused-ring (bicyclic) bond motifs is 2. The van der Waals surface area contributed by atoms with E-state index in [1.807, 2.05) is 48.5 Å². The van der Waals surface area contributed by atoms with Crippen molar-refractivity contribution in [2.45, 2.75) is 127 Å². The van der Waals surface area contributed by atoms with Crippen LogP contribution in [-0.2, 0) is 45.0 Å². The minimum absolute atomic E-state index is 0.00231. The molecule has 7 amide bonds. The van der Waals surface area contributed by atoms with E-state index in [1.165, 1.54) is 43.3 Å². The Balaban J connectivity index is 1.16. The molecule has 7 rings (SSSR count). The molecule has 24 heteroatoms. The van der Waals surface area contributed by atoms with Gasteiger partial charge in [-0.05, 0) is 84.5 Å². The highest BCUT2D eigenvalue weighted by molar-refractivity contribution is 7.91. The van der Waals surface area contributed by atoms with Crippen LogP contribution in [0.4, 0.5) is 0 Å². The molecule has 0 spiro atoms. The van der Waals surface area contributed by atoms with Gasteiger partial charge < -0.3 is 71.8 Å². The molecule has 0 saturated carbocycles. The van der Waals surface area contributed by atoms with Crippen LogP contribution in [-0.4, -0.2) is 195 Å². The molecule has 0 unspecified atom stereocenters. The van der Waals surface area contributed by atoms with E-state index < -0.39 is 155 Å². The highest BCUT2D eigenvalue weighted by Gasteiger charge is 2.49. The summed E-state index contributed by atoms with van der Waals surface area (Å²) in [5, 5.41) is 77.5. The summed E-state index contributed by atoms with van der Waals surface area (Å²) in [7, 11) is -4.48. The molecule has 3 aliphatic rings. The molecule has 0 bridgehead atoms. The first kappa shape index (κ1) is 62.1. The van der Waals surface area contributed by atoms with E-state index in [2.05, 4.69) is 33.5 Å². The van der Waals surface area contributed by atoms with Crippen LogP contribution in [0.3, 0.4) is 0 Å². The van der Waals surface area contributed by atoms with Crippen LogP contribution in [0.1, 0.15) is 69.3 Å². The number of ether oxygens (including phenoxy) is 1. The lowest BCUT2D eigenvalue weighted by Crippen LogP contribution is -2.64. The zero-order valence-corrected chi connectivity index (χ0v) is 46.8. The Kier molecular flexibility index (Phi) is 20.9. The van der Waals surface area contributed by atoms with Gasteiger partial charge in [-0.25, -0.2) is 8.42 Å². The van der Waals surface area contributed by atoms with Gasteiger partial charge in [0.05, 0.1) is 48.6 Å². The third-order valence-corrected chi connectivity index (χ3v) is 16.6. The molecule has 0 aromatic heterocycles. The topological polar surface area (TPSA) is 351 Å². The van der Waals surface area contributed by atoms with Gasteiger partial charge in [-0.2, -0.15) is 0 Å². The Morgan fingerprint density at radius 1 is 0.695 bits per heavy atom. The summed E-state index contributed by atoms with van der Waals surface area (Å²) in [6.07, 6.45) is -5.84. The molecule has 0 aliphatic carbocycles. The SMILES string of the molecule is CCCCCOc1ccc(-c2ccc(-c3ccc(C(=O)N[C@@H]4CS(=O)(=O)CCNC(=O)[C@@H]5[C@H](O)[C@@H](C)CN5C(=O)[C@H]([C@@H](C)O)NC(=O)[C@H]([C@H](O)Cc5ccc(O)cc5)NC(=O)[C@@H]5C[C@@H](O)CN5C(=O)[C@H]([C@@H](C)O)NC4=O)cc3)cc2)cc1. The van der Waals surface area contributed by atoms with Gasteiger partial charge in [0.15, 0.2) is 9.84 Å².